The van der Waals surface area contributed by atoms with Gasteiger partial charge in [0.05, 0.1) is 0 Å². The summed E-state index contributed by atoms with van der Waals surface area (Å²) in [5.41, 5.74) is 5.50. The summed E-state index contributed by atoms with van der Waals surface area (Å²) < 4.78 is 0. The third-order valence-corrected chi connectivity index (χ3v) is 2.65. The molecule has 13 heavy (non-hydrogen) atoms. The Morgan fingerprint density at radius 2 is 1.92 bits per heavy atom. The first-order valence-electron chi connectivity index (χ1n) is 5.70. The van der Waals surface area contributed by atoms with Crippen LogP contribution in [-0.4, -0.2) is 30.6 Å². The van der Waals surface area contributed by atoms with Crippen molar-refractivity contribution in [3.63, 3.8) is 0 Å². The summed E-state index contributed by atoms with van der Waals surface area (Å²) in [5.74, 6) is 0. The Morgan fingerprint density at radius 1 is 1.23 bits per heavy atom. The van der Waals surface area contributed by atoms with Gasteiger partial charge in [0.25, 0.3) is 0 Å². The molecule has 0 saturated carbocycles. The van der Waals surface area contributed by atoms with E-state index in [2.05, 4.69) is 25.7 Å². The van der Waals surface area contributed by atoms with Crippen LogP contribution in [0.3, 0.4) is 0 Å². The summed E-state index contributed by atoms with van der Waals surface area (Å²) in [6.07, 6.45) is 5.01. The lowest BCUT2D eigenvalue weighted by Crippen LogP contribution is -2.34. The molecule has 2 heteroatoms. The Labute approximate surface area is 83.5 Å². The third kappa shape index (κ3) is 6.05. The van der Waals surface area contributed by atoms with E-state index in [4.69, 9.17) is 5.73 Å². The number of hydrogen-bond donors (Lipinski definition) is 1. The fourth-order valence-corrected chi connectivity index (χ4v) is 1.65. The van der Waals surface area contributed by atoms with Crippen molar-refractivity contribution in [3.05, 3.63) is 0 Å². The highest BCUT2D eigenvalue weighted by Gasteiger charge is 2.09. The Hall–Kier alpha value is -0.0800. The van der Waals surface area contributed by atoms with Crippen molar-refractivity contribution in [1.29, 1.82) is 0 Å². The zero-order valence-corrected chi connectivity index (χ0v) is 9.55. The summed E-state index contributed by atoms with van der Waals surface area (Å²) in [6, 6.07) is 0.708. The van der Waals surface area contributed by atoms with Crippen molar-refractivity contribution in [2.75, 3.05) is 19.6 Å². The minimum Gasteiger partial charge on any atom is -0.330 e. The van der Waals surface area contributed by atoms with Gasteiger partial charge in [-0.2, -0.15) is 0 Å². The van der Waals surface area contributed by atoms with Crippen molar-refractivity contribution < 1.29 is 0 Å². The first-order chi connectivity index (χ1) is 6.26. The van der Waals surface area contributed by atoms with Crippen LogP contribution < -0.4 is 5.73 Å². The maximum Gasteiger partial charge on any atom is 0.00672 e. The zero-order chi connectivity index (χ0) is 10.1. The fourth-order valence-electron chi connectivity index (χ4n) is 1.65. The van der Waals surface area contributed by atoms with Crippen LogP contribution in [0.25, 0.3) is 0 Å². The number of rotatable bonds is 8. The van der Waals surface area contributed by atoms with Gasteiger partial charge in [0.2, 0.25) is 0 Å². The van der Waals surface area contributed by atoms with Crippen LogP contribution in [0.15, 0.2) is 0 Å². The molecule has 0 fully saturated rings. The Balaban J connectivity index is 3.63. The molecule has 0 amide bonds. The predicted octanol–water partition coefficient (Wildman–Crippen LogP) is 2.24. The topological polar surface area (TPSA) is 29.3 Å². The standard InChI is InChI=1S/C11H26N2/c1-4-6-10-13(5-2)11(3)8-7-9-12/h11H,4-10,12H2,1-3H3. The quantitative estimate of drug-likeness (QED) is 0.630. The molecule has 2 N–H and O–H groups in total. The molecule has 0 aliphatic heterocycles. The lowest BCUT2D eigenvalue weighted by Gasteiger charge is -2.27. The van der Waals surface area contributed by atoms with E-state index in [0.29, 0.717) is 6.04 Å². The fraction of sp³-hybridized carbons (Fsp3) is 1.00. The summed E-state index contributed by atoms with van der Waals surface area (Å²) in [5, 5.41) is 0. The number of nitrogens with zero attached hydrogens (tertiary/aromatic N) is 1. The third-order valence-electron chi connectivity index (χ3n) is 2.65. The molecule has 0 radical (unpaired) electrons. The van der Waals surface area contributed by atoms with Crippen LogP contribution in [0, 0.1) is 0 Å². The molecule has 0 aliphatic carbocycles. The molecule has 0 aromatic carbocycles. The van der Waals surface area contributed by atoms with E-state index in [9.17, 15) is 0 Å². The normalized spacial score (nSPS) is 13.6. The molecule has 0 saturated heterocycles. The van der Waals surface area contributed by atoms with Gasteiger partial charge in [-0.15, -0.1) is 0 Å². The molecule has 0 aromatic heterocycles. The van der Waals surface area contributed by atoms with Gasteiger partial charge < -0.3 is 10.6 Å². The first kappa shape index (κ1) is 12.9. The summed E-state index contributed by atoms with van der Waals surface area (Å²) in [4.78, 5) is 2.55. The zero-order valence-electron chi connectivity index (χ0n) is 9.55. The van der Waals surface area contributed by atoms with E-state index in [-0.39, 0.29) is 0 Å². The van der Waals surface area contributed by atoms with Gasteiger partial charge in [0.1, 0.15) is 0 Å². The molecule has 0 spiro atoms. The van der Waals surface area contributed by atoms with E-state index < -0.39 is 0 Å². The molecule has 0 heterocycles. The minimum atomic E-state index is 0.708. The summed E-state index contributed by atoms with van der Waals surface area (Å²) in [7, 11) is 0. The Kier molecular flexibility index (Phi) is 8.46. The maximum atomic E-state index is 5.50. The van der Waals surface area contributed by atoms with E-state index in [0.717, 1.165) is 13.0 Å². The largest absolute Gasteiger partial charge is 0.330 e. The van der Waals surface area contributed by atoms with Gasteiger partial charge in [-0.25, -0.2) is 0 Å². The monoisotopic (exact) mass is 186 g/mol. The molecule has 1 atom stereocenters. The molecule has 1 unspecified atom stereocenters. The maximum absolute atomic E-state index is 5.50. The van der Waals surface area contributed by atoms with Gasteiger partial charge in [-0.1, -0.05) is 20.3 Å². The van der Waals surface area contributed by atoms with Gasteiger partial charge >= 0.3 is 0 Å². The molecular formula is C11H26N2. The van der Waals surface area contributed by atoms with Crippen molar-refractivity contribution in [2.24, 2.45) is 5.73 Å². The number of hydrogen-bond acceptors (Lipinski definition) is 2. The van der Waals surface area contributed by atoms with Crippen LogP contribution >= 0.6 is 0 Å². The van der Waals surface area contributed by atoms with E-state index >= 15 is 0 Å². The lowest BCUT2D eigenvalue weighted by atomic mass is 10.1. The molecule has 0 rings (SSSR count). The highest BCUT2D eigenvalue weighted by atomic mass is 15.1. The molecule has 0 aliphatic rings. The molecule has 80 valence electrons. The van der Waals surface area contributed by atoms with Crippen molar-refractivity contribution in [3.8, 4) is 0 Å². The molecule has 2 nitrogen and oxygen atoms in total. The predicted molar refractivity (Wildman–Crippen MR) is 59.9 cm³/mol. The number of nitrogens with two attached hydrogens (primary N) is 1. The first-order valence-corrected chi connectivity index (χ1v) is 5.70. The smallest absolute Gasteiger partial charge is 0.00672 e. The van der Waals surface area contributed by atoms with Crippen LogP contribution in [0.2, 0.25) is 0 Å². The van der Waals surface area contributed by atoms with Gasteiger partial charge in [0.15, 0.2) is 0 Å². The van der Waals surface area contributed by atoms with E-state index in [1.54, 1.807) is 0 Å². The summed E-state index contributed by atoms with van der Waals surface area (Å²) >= 11 is 0. The van der Waals surface area contributed by atoms with Crippen molar-refractivity contribution in [2.45, 2.75) is 52.5 Å². The second-order valence-electron chi connectivity index (χ2n) is 3.76. The Bertz CT molecular complexity index is 104. The summed E-state index contributed by atoms with van der Waals surface area (Å²) in [6.45, 7) is 10.1. The second-order valence-corrected chi connectivity index (χ2v) is 3.76. The second kappa shape index (κ2) is 8.52. The van der Waals surface area contributed by atoms with Gasteiger partial charge in [-0.3, -0.25) is 0 Å². The van der Waals surface area contributed by atoms with Crippen molar-refractivity contribution in [1.82, 2.24) is 4.90 Å². The van der Waals surface area contributed by atoms with Crippen molar-refractivity contribution >= 4 is 0 Å². The minimum absolute atomic E-state index is 0.708. The number of unbranched alkanes of at least 4 members (excludes halogenated alkanes) is 1. The average molecular weight is 186 g/mol. The van der Waals surface area contributed by atoms with Gasteiger partial charge in [0, 0.05) is 6.04 Å². The van der Waals surface area contributed by atoms with Gasteiger partial charge in [-0.05, 0) is 45.8 Å². The SMILES string of the molecule is CCCCN(CC)C(C)CCCN. The van der Waals surface area contributed by atoms with E-state index in [1.807, 2.05) is 0 Å². The van der Waals surface area contributed by atoms with Crippen LogP contribution in [0.4, 0.5) is 0 Å². The average Bonchev–Trinajstić information content (AvgIpc) is 2.16. The molecular weight excluding hydrogens is 160 g/mol. The van der Waals surface area contributed by atoms with E-state index in [1.165, 1.54) is 32.4 Å². The highest BCUT2D eigenvalue weighted by molar-refractivity contribution is 4.65. The van der Waals surface area contributed by atoms with Crippen LogP contribution in [0.1, 0.15) is 46.5 Å². The Morgan fingerprint density at radius 3 is 2.38 bits per heavy atom. The van der Waals surface area contributed by atoms with Crippen LogP contribution in [0.5, 0.6) is 0 Å². The van der Waals surface area contributed by atoms with Crippen LogP contribution in [-0.2, 0) is 0 Å². The lowest BCUT2D eigenvalue weighted by molar-refractivity contribution is 0.205. The highest BCUT2D eigenvalue weighted by Crippen LogP contribution is 2.07. The molecule has 0 aromatic rings. The molecule has 0 bridgehead atoms.